The van der Waals surface area contributed by atoms with E-state index < -0.39 is 52.8 Å². The number of alkyl halides is 6. The maximum Gasteiger partial charge on any atom is 0.416 e. The molecule has 0 aromatic heterocycles. The third-order valence-corrected chi connectivity index (χ3v) is 3.99. The average Bonchev–Trinajstić information content (AvgIpc) is 2.66. The van der Waals surface area contributed by atoms with Gasteiger partial charge in [-0.1, -0.05) is 12.1 Å². The Morgan fingerprint density at radius 1 is 0.933 bits per heavy atom. The minimum absolute atomic E-state index is 0.118. The lowest BCUT2D eigenvalue weighted by atomic mass is 10.0. The summed E-state index contributed by atoms with van der Waals surface area (Å²) in [4.78, 5) is 24.3. The maximum absolute atomic E-state index is 13.0. The lowest BCUT2D eigenvalue weighted by Gasteiger charge is -2.18. The summed E-state index contributed by atoms with van der Waals surface area (Å²) in [6, 6.07) is 3.69. The van der Waals surface area contributed by atoms with Crippen LogP contribution in [0.5, 0.6) is 0 Å². The molecule has 0 aliphatic heterocycles. The summed E-state index contributed by atoms with van der Waals surface area (Å²) >= 11 is 0. The summed E-state index contributed by atoms with van der Waals surface area (Å²) in [6.45, 7) is 0. The summed E-state index contributed by atoms with van der Waals surface area (Å²) in [6.07, 6.45) is -10.5. The van der Waals surface area contributed by atoms with E-state index in [1.54, 1.807) is 0 Å². The number of carbonyl (C=O) groups is 2. The van der Waals surface area contributed by atoms with Crippen molar-refractivity contribution in [2.45, 2.75) is 24.8 Å². The van der Waals surface area contributed by atoms with Gasteiger partial charge < -0.3 is 10.1 Å². The van der Waals surface area contributed by atoms with Crippen LogP contribution in [0, 0.1) is 5.82 Å². The first-order valence-corrected chi connectivity index (χ1v) is 8.24. The SMILES string of the molecule is COC(=O)[C@@H](Cc1ccc(F)cc1)NC(=O)c1cc(C(F)(F)F)cc(C(F)(F)F)c1. The van der Waals surface area contributed by atoms with E-state index in [9.17, 15) is 40.3 Å². The number of hydrogen-bond acceptors (Lipinski definition) is 3. The van der Waals surface area contributed by atoms with Crippen LogP contribution in [0.25, 0.3) is 0 Å². The summed E-state index contributed by atoms with van der Waals surface area (Å²) in [5, 5.41) is 2.06. The quantitative estimate of drug-likeness (QED) is 0.558. The van der Waals surface area contributed by atoms with Crippen molar-refractivity contribution in [1.82, 2.24) is 5.32 Å². The summed E-state index contributed by atoms with van der Waals surface area (Å²) in [5.74, 6) is -2.90. The molecule has 1 amide bonds. The van der Waals surface area contributed by atoms with E-state index in [0.717, 1.165) is 19.2 Å². The minimum atomic E-state index is -5.13. The first kappa shape index (κ1) is 23.2. The van der Waals surface area contributed by atoms with E-state index in [0.29, 0.717) is 5.56 Å². The van der Waals surface area contributed by atoms with Gasteiger partial charge >= 0.3 is 18.3 Å². The molecule has 1 atom stereocenters. The number of ether oxygens (including phenoxy) is 1. The van der Waals surface area contributed by atoms with E-state index in [2.05, 4.69) is 10.1 Å². The topological polar surface area (TPSA) is 55.4 Å². The highest BCUT2D eigenvalue weighted by atomic mass is 19.4. The zero-order valence-corrected chi connectivity index (χ0v) is 15.2. The highest BCUT2D eigenvalue weighted by Gasteiger charge is 2.37. The maximum atomic E-state index is 13.0. The van der Waals surface area contributed by atoms with Gasteiger partial charge in [-0.05, 0) is 35.9 Å². The van der Waals surface area contributed by atoms with Crippen molar-refractivity contribution in [3.63, 3.8) is 0 Å². The molecule has 1 N–H and O–H groups in total. The molecule has 0 saturated carbocycles. The zero-order chi connectivity index (χ0) is 22.7. The van der Waals surface area contributed by atoms with Gasteiger partial charge in [-0.25, -0.2) is 9.18 Å². The second kappa shape index (κ2) is 8.72. The van der Waals surface area contributed by atoms with E-state index in [1.165, 1.54) is 12.1 Å². The van der Waals surface area contributed by atoms with Crippen LogP contribution in [0.3, 0.4) is 0 Å². The Morgan fingerprint density at radius 3 is 1.87 bits per heavy atom. The predicted molar refractivity (Wildman–Crippen MR) is 89.8 cm³/mol. The van der Waals surface area contributed by atoms with Gasteiger partial charge in [-0.2, -0.15) is 26.3 Å². The molecule has 4 nitrogen and oxygen atoms in total. The van der Waals surface area contributed by atoms with E-state index in [1.807, 2.05) is 0 Å². The Bertz CT molecular complexity index is 889. The molecular weight excluding hydrogens is 423 g/mol. The number of amides is 1. The Hall–Kier alpha value is -3.11. The molecule has 0 radical (unpaired) electrons. The molecule has 0 saturated heterocycles. The van der Waals surface area contributed by atoms with Crippen molar-refractivity contribution in [2.75, 3.05) is 7.11 Å². The van der Waals surface area contributed by atoms with Crippen molar-refractivity contribution in [1.29, 1.82) is 0 Å². The van der Waals surface area contributed by atoms with Crippen LogP contribution >= 0.6 is 0 Å². The third-order valence-electron chi connectivity index (χ3n) is 3.99. The largest absolute Gasteiger partial charge is 0.467 e. The monoisotopic (exact) mass is 437 g/mol. The van der Waals surface area contributed by atoms with Crippen molar-refractivity contribution in [3.8, 4) is 0 Å². The fraction of sp³-hybridized carbons (Fsp3) is 0.263. The highest BCUT2D eigenvalue weighted by Crippen LogP contribution is 2.36. The van der Waals surface area contributed by atoms with Gasteiger partial charge in [0.1, 0.15) is 11.9 Å². The fourth-order valence-corrected chi connectivity index (χ4v) is 2.52. The van der Waals surface area contributed by atoms with Crippen LogP contribution < -0.4 is 5.32 Å². The summed E-state index contributed by atoms with van der Waals surface area (Å²) in [5.41, 5.74) is -3.91. The van der Waals surface area contributed by atoms with Crippen molar-refractivity contribution >= 4 is 11.9 Å². The molecule has 0 aliphatic rings. The number of methoxy groups -OCH3 is 1. The van der Waals surface area contributed by atoms with Gasteiger partial charge in [0.25, 0.3) is 5.91 Å². The second-order valence-corrected chi connectivity index (χ2v) is 6.17. The van der Waals surface area contributed by atoms with Gasteiger partial charge in [-0.3, -0.25) is 4.79 Å². The third kappa shape index (κ3) is 5.94. The van der Waals surface area contributed by atoms with Gasteiger partial charge in [0, 0.05) is 12.0 Å². The van der Waals surface area contributed by atoms with Gasteiger partial charge in [0.15, 0.2) is 0 Å². The van der Waals surface area contributed by atoms with Crippen molar-refractivity contribution < 1.29 is 45.1 Å². The Kier molecular flexibility index (Phi) is 6.73. The highest BCUT2D eigenvalue weighted by molar-refractivity contribution is 5.97. The number of benzene rings is 2. The van der Waals surface area contributed by atoms with Gasteiger partial charge in [0.05, 0.1) is 18.2 Å². The van der Waals surface area contributed by atoms with Crippen LogP contribution in [0.2, 0.25) is 0 Å². The number of carbonyl (C=O) groups excluding carboxylic acids is 2. The van der Waals surface area contributed by atoms with Crippen molar-refractivity contribution in [2.24, 2.45) is 0 Å². The van der Waals surface area contributed by atoms with Crippen LogP contribution in [-0.4, -0.2) is 25.0 Å². The molecule has 0 heterocycles. The average molecular weight is 437 g/mol. The zero-order valence-electron chi connectivity index (χ0n) is 15.2. The molecule has 0 aliphatic carbocycles. The molecule has 0 bridgehead atoms. The number of nitrogens with one attached hydrogen (secondary N) is 1. The molecule has 30 heavy (non-hydrogen) atoms. The summed E-state index contributed by atoms with van der Waals surface area (Å²) < 4.78 is 95.3. The fourth-order valence-electron chi connectivity index (χ4n) is 2.52. The molecule has 0 spiro atoms. The number of esters is 1. The lowest BCUT2D eigenvalue weighted by molar-refractivity contribution is -0.144. The Morgan fingerprint density at radius 2 is 1.43 bits per heavy atom. The van der Waals surface area contributed by atoms with Gasteiger partial charge in [0.2, 0.25) is 0 Å². The van der Waals surface area contributed by atoms with Crippen LogP contribution in [0.4, 0.5) is 30.7 Å². The standard InChI is InChI=1S/C19H14F7NO3/c1-30-17(29)15(6-10-2-4-14(20)5-3-10)27-16(28)11-7-12(18(21,22)23)9-13(8-11)19(24,25)26/h2-5,7-9,15H,6H2,1H3,(H,27,28)/t15-/m1/s1. The predicted octanol–water partition coefficient (Wildman–Crippen LogP) is 4.38. The first-order valence-electron chi connectivity index (χ1n) is 8.24. The first-order chi connectivity index (χ1) is 13.8. The molecule has 0 unspecified atom stereocenters. The molecule has 162 valence electrons. The molecule has 11 heteroatoms. The minimum Gasteiger partial charge on any atom is -0.467 e. The van der Waals surface area contributed by atoms with Crippen LogP contribution in [0.15, 0.2) is 42.5 Å². The Labute approximate surface area is 165 Å². The summed E-state index contributed by atoms with van der Waals surface area (Å²) in [7, 11) is 0.984. The molecule has 2 rings (SSSR count). The normalized spacial score (nSPS) is 12.9. The van der Waals surface area contributed by atoms with Gasteiger partial charge in [-0.15, -0.1) is 0 Å². The molecule has 2 aromatic rings. The number of rotatable bonds is 5. The smallest absolute Gasteiger partial charge is 0.416 e. The molecule has 0 fully saturated rings. The van der Waals surface area contributed by atoms with E-state index in [4.69, 9.17) is 0 Å². The van der Waals surface area contributed by atoms with Crippen LogP contribution in [-0.2, 0) is 28.3 Å². The Balaban J connectivity index is 2.36. The second-order valence-electron chi connectivity index (χ2n) is 6.17. The molecule has 2 aromatic carbocycles. The van der Waals surface area contributed by atoms with Crippen LogP contribution in [0.1, 0.15) is 27.0 Å². The number of hydrogen-bond donors (Lipinski definition) is 1. The lowest BCUT2D eigenvalue weighted by Crippen LogP contribution is -2.43. The van der Waals surface area contributed by atoms with E-state index in [-0.39, 0.29) is 24.6 Å². The molecular formula is C19H14F7NO3. The van der Waals surface area contributed by atoms with E-state index >= 15 is 0 Å². The van der Waals surface area contributed by atoms with Crippen molar-refractivity contribution in [3.05, 3.63) is 70.5 Å². The number of halogens is 7.